The van der Waals surface area contributed by atoms with Gasteiger partial charge in [-0.05, 0) is 24.3 Å². The van der Waals surface area contributed by atoms with Crippen molar-refractivity contribution in [2.45, 2.75) is 6.42 Å². The van der Waals surface area contributed by atoms with Crippen molar-refractivity contribution in [1.82, 2.24) is 5.43 Å². The van der Waals surface area contributed by atoms with Crippen molar-refractivity contribution >= 4 is 34.7 Å². The Bertz CT molecular complexity index is 462. The zero-order valence-electron chi connectivity index (χ0n) is 9.39. The van der Waals surface area contributed by atoms with Crippen LogP contribution < -0.4 is 11.3 Å². The number of fused-ring (bicyclic) bond motifs is 2. The Labute approximate surface area is 104 Å². The molecule has 4 nitrogen and oxygen atoms in total. The van der Waals surface area contributed by atoms with E-state index in [0.29, 0.717) is 0 Å². The first-order valence-electron chi connectivity index (χ1n) is 5.68. The first-order valence-corrected chi connectivity index (χ1v) is 6.83. The van der Waals surface area contributed by atoms with Gasteiger partial charge < -0.3 is 5.43 Å². The summed E-state index contributed by atoms with van der Waals surface area (Å²) in [6, 6.07) is 7.94. The lowest BCUT2D eigenvalue weighted by atomic mass is 10.0. The van der Waals surface area contributed by atoms with Crippen molar-refractivity contribution in [2.75, 3.05) is 11.5 Å². The van der Waals surface area contributed by atoms with Crippen LogP contribution in [-0.4, -0.2) is 23.1 Å². The van der Waals surface area contributed by atoms with Crippen molar-refractivity contribution < 1.29 is 0 Å². The second-order valence-corrected chi connectivity index (χ2v) is 5.26. The van der Waals surface area contributed by atoms with E-state index in [-0.39, 0.29) is 5.92 Å². The predicted octanol–water partition coefficient (Wildman–Crippen LogP) is 2.02. The molecule has 0 radical (unpaired) electrons. The predicted molar refractivity (Wildman–Crippen MR) is 73.4 cm³/mol. The summed E-state index contributed by atoms with van der Waals surface area (Å²) in [6.07, 6.45) is 1.02. The smallest absolute Gasteiger partial charge is 0.126 e. The van der Waals surface area contributed by atoms with Crippen molar-refractivity contribution in [2.24, 2.45) is 21.7 Å². The number of rotatable bonds is 0. The van der Waals surface area contributed by atoms with Gasteiger partial charge in [-0.15, -0.1) is 0 Å². The molecule has 2 aliphatic rings. The molecule has 0 bridgehead atoms. The van der Waals surface area contributed by atoms with Gasteiger partial charge >= 0.3 is 0 Å². The number of hydrogen-bond donors (Lipinski definition) is 2. The lowest BCUT2D eigenvalue weighted by molar-refractivity contribution is 0.899. The van der Waals surface area contributed by atoms with Gasteiger partial charge in [-0.25, -0.2) is 10.8 Å². The number of thioether (sulfide) groups is 1. The maximum atomic E-state index is 5.59. The van der Waals surface area contributed by atoms with E-state index in [0.717, 1.165) is 35.1 Å². The molecule has 2 aliphatic heterocycles. The normalized spacial score (nSPS) is 22.8. The van der Waals surface area contributed by atoms with Crippen molar-refractivity contribution in [3.8, 4) is 0 Å². The van der Waals surface area contributed by atoms with E-state index < -0.39 is 0 Å². The number of para-hydroxylation sites is 2. The number of hydrazine groups is 1. The van der Waals surface area contributed by atoms with Crippen molar-refractivity contribution in [1.29, 1.82) is 0 Å². The molecule has 1 unspecified atom stereocenters. The highest BCUT2D eigenvalue weighted by atomic mass is 32.2. The molecule has 1 atom stereocenters. The minimum Gasteiger partial charge on any atom is -0.311 e. The van der Waals surface area contributed by atoms with Gasteiger partial charge in [0.25, 0.3) is 0 Å². The van der Waals surface area contributed by atoms with E-state index in [1.54, 1.807) is 0 Å². The van der Waals surface area contributed by atoms with Gasteiger partial charge in [0, 0.05) is 11.5 Å². The van der Waals surface area contributed by atoms with Gasteiger partial charge in [0.2, 0.25) is 0 Å². The van der Waals surface area contributed by atoms with E-state index in [2.05, 4.69) is 10.4 Å². The highest BCUT2D eigenvalue weighted by Gasteiger charge is 2.27. The largest absolute Gasteiger partial charge is 0.311 e. The molecule has 1 fully saturated rings. The minimum atomic E-state index is 0.242. The summed E-state index contributed by atoms with van der Waals surface area (Å²) < 4.78 is 0. The Morgan fingerprint density at radius 1 is 1.24 bits per heavy atom. The third-order valence-corrected chi connectivity index (χ3v) is 4.12. The second kappa shape index (κ2) is 4.50. The van der Waals surface area contributed by atoms with Gasteiger partial charge in [0.15, 0.2) is 0 Å². The summed E-state index contributed by atoms with van der Waals surface area (Å²) >= 11 is 1.93. The maximum absolute atomic E-state index is 5.59. The summed E-state index contributed by atoms with van der Waals surface area (Å²) in [5, 5.41) is 0. The first-order chi connectivity index (χ1) is 8.38. The zero-order chi connectivity index (χ0) is 11.7. The Morgan fingerprint density at radius 2 is 2.00 bits per heavy atom. The quantitative estimate of drug-likeness (QED) is 0.544. The molecule has 0 saturated carbocycles. The molecule has 0 aromatic heterocycles. The number of amidine groups is 1. The van der Waals surface area contributed by atoms with Crippen LogP contribution in [0.2, 0.25) is 0 Å². The molecule has 0 aliphatic carbocycles. The molecule has 3 rings (SSSR count). The first kappa shape index (κ1) is 10.8. The molecule has 1 aromatic carbocycles. The molecule has 1 aromatic rings. The molecule has 88 valence electrons. The lowest BCUT2D eigenvalue weighted by Crippen LogP contribution is -2.42. The lowest BCUT2D eigenvalue weighted by Gasteiger charge is -2.23. The SMILES string of the molecule is NNC1=Nc2ccccc2N=C2CCSCC21. The third-order valence-electron chi connectivity index (χ3n) is 3.05. The second-order valence-electron chi connectivity index (χ2n) is 4.11. The van der Waals surface area contributed by atoms with E-state index >= 15 is 0 Å². The number of nitrogens with one attached hydrogen (secondary N) is 1. The molecular formula is C12H14N4S. The van der Waals surface area contributed by atoms with E-state index in [9.17, 15) is 0 Å². The summed E-state index contributed by atoms with van der Waals surface area (Å²) in [5.41, 5.74) is 5.78. The number of aliphatic imine (C=N–C) groups is 2. The Kier molecular flexibility index (Phi) is 2.86. The van der Waals surface area contributed by atoms with E-state index in [4.69, 9.17) is 10.8 Å². The van der Waals surface area contributed by atoms with Crippen LogP contribution in [0, 0.1) is 5.92 Å². The fraction of sp³-hybridized carbons (Fsp3) is 0.333. The van der Waals surface area contributed by atoms with Crippen LogP contribution in [0.15, 0.2) is 34.3 Å². The highest BCUT2D eigenvalue weighted by molar-refractivity contribution is 7.99. The van der Waals surface area contributed by atoms with Crippen LogP contribution >= 0.6 is 11.8 Å². The Hall–Kier alpha value is -1.33. The number of hydrogen-bond acceptors (Lipinski definition) is 5. The van der Waals surface area contributed by atoms with Crippen LogP contribution in [-0.2, 0) is 0 Å². The highest BCUT2D eigenvalue weighted by Crippen LogP contribution is 2.34. The molecule has 0 spiro atoms. The molecular weight excluding hydrogens is 232 g/mol. The van der Waals surface area contributed by atoms with Crippen LogP contribution in [0.5, 0.6) is 0 Å². The van der Waals surface area contributed by atoms with Gasteiger partial charge in [-0.3, -0.25) is 4.99 Å². The molecule has 0 amide bonds. The fourth-order valence-corrected chi connectivity index (χ4v) is 3.27. The molecule has 2 heterocycles. The van der Waals surface area contributed by atoms with Crippen LogP contribution in [0.25, 0.3) is 0 Å². The zero-order valence-corrected chi connectivity index (χ0v) is 10.2. The average molecular weight is 246 g/mol. The van der Waals surface area contributed by atoms with Gasteiger partial charge in [0.1, 0.15) is 5.84 Å². The van der Waals surface area contributed by atoms with Crippen molar-refractivity contribution in [3.63, 3.8) is 0 Å². The molecule has 1 saturated heterocycles. The Balaban J connectivity index is 2.13. The van der Waals surface area contributed by atoms with Gasteiger partial charge in [0.05, 0.1) is 17.3 Å². The van der Waals surface area contributed by atoms with Crippen molar-refractivity contribution in [3.05, 3.63) is 24.3 Å². The molecule has 17 heavy (non-hydrogen) atoms. The van der Waals surface area contributed by atoms with Gasteiger partial charge in [-0.2, -0.15) is 11.8 Å². The number of nitrogens with zero attached hydrogens (tertiary/aromatic N) is 2. The van der Waals surface area contributed by atoms with Crippen LogP contribution in [0.4, 0.5) is 11.4 Å². The third kappa shape index (κ3) is 1.96. The summed E-state index contributed by atoms with van der Waals surface area (Å²) in [5.74, 6) is 8.81. The summed E-state index contributed by atoms with van der Waals surface area (Å²) in [6.45, 7) is 0. The minimum absolute atomic E-state index is 0.242. The standard InChI is InChI=1S/C12H14N4S/c13-16-12-8-7-17-6-5-9(8)14-10-3-1-2-4-11(10)15-12/h1-4,8H,5-7,13H2,(H,15,16). The maximum Gasteiger partial charge on any atom is 0.126 e. The molecule has 5 heteroatoms. The van der Waals surface area contributed by atoms with E-state index in [1.165, 1.54) is 5.71 Å². The Morgan fingerprint density at radius 3 is 2.76 bits per heavy atom. The van der Waals surface area contributed by atoms with Crippen LogP contribution in [0.3, 0.4) is 0 Å². The fourth-order valence-electron chi connectivity index (χ4n) is 2.17. The summed E-state index contributed by atoms with van der Waals surface area (Å²) in [4.78, 5) is 9.35. The van der Waals surface area contributed by atoms with E-state index in [1.807, 2.05) is 36.0 Å². The van der Waals surface area contributed by atoms with Crippen LogP contribution in [0.1, 0.15) is 6.42 Å². The number of nitrogens with two attached hydrogens (primary N) is 1. The molecule has 3 N–H and O–H groups in total. The topological polar surface area (TPSA) is 62.8 Å². The monoisotopic (exact) mass is 246 g/mol. The van der Waals surface area contributed by atoms with Gasteiger partial charge in [-0.1, -0.05) is 12.1 Å². The summed E-state index contributed by atoms with van der Waals surface area (Å²) in [7, 11) is 0. The average Bonchev–Trinajstić information content (AvgIpc) is 2.54. The number of benzene rings is 1.